The lowest BCUT2D eigenvalue weighted by atomic mass is 10.1. The Kier molecular flexibility index (Phi) is 7.29. The molecule has 0 aliphatic heterocycles. The molecule has 4 N–H and O–H groups in total. The van der Waals surface area contributed by atoms with Crippen LogP contribution in [0, 0.1) is 5.92 Å². The van der Waals surface area contributed by atoms with E-state index in [2.05, 4.69) is 35.6 Å². The number of nitrogens with zero attached hydrogens (tertiary/aromatic N) is 2. The average Bonchev–Trinajstić information content (AvgIpc) is 2.77. The number of aromatic nitrogens is 1. The number of aliphatic hydroxyl groups is 1. The van der Waals surface area contributed by atoms with Gasteiger partial charge in [-0.15, -0.1) is 0 Å². The van der Waals surface area contributed by atoms with Gasteiger partial charge in [-0.25, -0.2) is 0 Å². The fraction of sp³-hybridized carbons (Fsp3) is 0.688. The predicted molar refractivity (Wildman–Crippen MR) is 89.7 cm³/mol. The zero-order chi connectivity index (χ0) is 15.8. The van der Waals surface area contributed by atoms with Crippen molar-refractivity contribution < 1.29 is 5.11 Å². The third-order valence-electron chi connectivity index (χ3n) is 3.46. The number of nitrogen functional groups attached to an aromatic ring is 1. The van der Waals surface area contributed by atoms with Crippen molar-refractivity contribution in [3.05, 3.63) is 18.0 Å². The number of rotatable bonds is 8. The van der Waals surface area contributed by atoms with Crippen molar-refractivity contribution >= 4 is 11.5 Å². The number of amidine groups is 1. The zero-order valence-electron chi connectivity index (χ0n) is 13.8. The summed E-state index contributed by atoms with van der Waals surface area (Å²) in [7, 11) is 1.77. The Bertz CT molecular complexity index is 445. The summed E-state index contributed by atoms with van der Waals surface area (Å²) in [4.78, 5) is 4.39. The van der Waals surface area contributed by atoms with Gasteiger partial charge in [-0.1, -0.05) is 27.2 Å². The SMILES string of the molecule is CCCC(CCO)NC(=NC)c1c(N)ccn1CC(C)C. The summed E-state index contributed by atoms with van der Waals surface area (Å²) in [6.45, 7) is 7.59. The van der Waals surface area contributed by atoms with Gasteiger partial charge in [0.15, 0.2) is 0 Å². The molecule has 1 unspecified atom stereocenters. The van der Waals surface area contributed by atoms with Crippen LogP contribution in [0.4, 0.5) is 5.69 Å². The van der Waals surface area contributed by atoms with Gasteiger partial charge in [0, 0.05) is 32.4 Å². The highest BCUT2D eigenvalue weighted by Crippen LogP contribution is 2.17. The number of nitrogens with two attached hydrogens (primary N) is 1. The molecule has 21 heavy (non-hydrogen) atoms. The quantitative estimate of drug-likeness (QED) is 0.508. The van der Waals surface area contributed by atoms with E-state index in [0.29, 0.717) is 5.92 Å². The summed E-state index contributed by atoms with van der Waals surface area (Å²) in [5.41, 5.74) is 7.81. The zero-order valence-corrected chi connectivity index (χ0v) is 13.8. The van der Waals surface area contributed by atoms with Crippen LogP contribution in [0.3, 0.4) is 0 Å². The maximum absolute atomic E-state index is 9.20. The molecule has 0 radical (unpaired) electrons. The van der Waals surface area contributed by atoms with E-state index in [-0.39, 0.29) is 12.6 Å². The van der Waals surface area contributed by atoms with Crippen molar-refractivity contribution in [1.29, 1.82) is 0 Å². The number of aliphatic hydroxyl groups excluding tert-OH is 1. The maximum Gasteiger partial charge on any atom is 0.147 e. The average molecular weight is 294 g/mol. The largest absolute Gasteiger partial charge is 0.397 e. The van der Waals surface area contributed by atoms with Gasteiger partial charge in [0.05, 0.1) is 5.69 Å². The van der Waals surface area contributed by atoms with Crippen LogP contribution in [0.15, 0.2) is 17.3 Å². The van der Waals surface area contributed by atoms with Crippen molar-refractivity contribution in [1.82, 2.24) is 9.88 Å². The summed E-state index contributed by atoms with van der Waals surface area (Å²) < 4.78 is 2.15. The fourth-order valence-electron chi connectivity index (χ4n) is 2.53. The summed E-state index contributed by atoms with van der Waals surface area (Å²) in [6, 6.07) is 2.14. The van der Waals surface area contributed by atoms with Crippen LogP contribution in [-0.2, 0) is 6.54 Å². The molecule has 1 aromatic rings. The Morgan fingerprint density at radius 3 is 2.67 bits per heavy atom. The van der Waals surface area contributed by atoms with Crippen LogP contribution in [0.1, 0.15) is 45.7 Å². The van der Waals surface area contributed by atoms with Gasteiger partial charge < -0.3 is 20.7 Å². The number of nitrogens with one attached hydrogen (secondary N) is 1. The Morgan fingerprint density at radius 1 is 1.43 bits per heavy atom. The molecule has 0 saturated carbocycles. The van der Waals surface area contributed by atoms with Crippen molar-refractivity contribution in [3.8, 4) is 0 Å². The highest BCUT2D eigenvalue weighted by atomic mass is 16.3. The smallest absolute Gasteiger partial charge is 0.147 e. The van der Waals surface area contributed by atoms with Gasteiger partial charge in [-0.05, 0) is 24.8 Å². The van der Waals surface area contributed by atoms with Crippen molar-refractivity contribution in [2.24, 2.45) is 10.9 Å². The molecule has 5 heteroatoms. The molecule has 1 aromatic heterocycles. The lowest BCUT2D eigenvalue weighted by Crippen LogP contribution is -2.37. The molecule has 0 spiro atoms. The summed E-state index contributed by atoms with van der Waals surface area (Å²) in [6.07, 6.45) is 4.80. The minimum Gasteiger partial charge on any atom is -0.397 e. The highest BCUT2D eigenvalue weighted by Gasteiger charge is 2.17. The van der Waals surface area contributed by atoms with E-state index < -0.39 is 0 Å². The Hall–Kier alpha value is -1.49. The van der Waals surface area contributed by atoms with Crippen LogP contribution < -0.4 is 11.1 Å². The molecule has 0 bridgehead atoms. The number of aliphatic imine (C=N–C) groups is 1. The van der Waals surface area contributed by atoms with Gasteiger partial charge in [0.1, 0.15) is 11.5 Å². The summed E-state index contributed by atoms with van der Waals surface area (Å²) in [5, 5.41) is 12.6. The standard InChI is InChI=1S/C16H30N4O/c1-5-6-13(8-10-21)19-16(18-4)15-14(17)7-9-20(15)11-12(2)3/h7,9,12-13,21H,5-6,8,10-11,17H2,1-4H3,(H,18,19). The number of hydrogen-bond donors (Lipinski definition) is 3. The molecular formula is C16H30N4O. The molecule has 0 aliphatic rings. The molecule has 1 heterocycles. The topological polar surface area (TPSA) is 75.6 Å². The van der Waals surface area contributed by atoms with Crippen molar-refractivity contribution in [3.63, 3.8) is 0 Å². The van der Waals surface area contributed by atoms with Gasteiger partial charge >= 0.3 is 0 Å². The predicted octanol–water partition coefficient (Wildman–Crippen LogP) is 2.24. The molecular weight excluding hydrogens is 264 g/mol. The van der Waals surface area contributed by atoms with Gasteiger partial charge in [0.2, 0.25) is 0 Å². The number of hydrogen-bond acceptors (Lipinski definition) is 3. The molecule has 0 aliphatic carbocycles. The molecule has 0 aromatic carbocycles. The van der Waals surface area contributed by atoms with E-state index in [0.717, 1.165) is 43.0 Å². The minimum atomic E-state index is 0.178. The summed E-state index contributed by atoms with van der Waals surface area (Å²) in [5.74, 6) is 1.35. The van der Waals surface area contributed by atoms with Crippen LogP contribution in [0.25, 0.3) is 0 Å². The van der Waals surface area contributed by atoms with Crippen molar-refractivity contribution in [2.45, 2.75) is 52.6 Å². The molecule has 0 amide bonds. The first-order chi connectivity index (χ1) is 10.0. The lowest BCUT2D eigenvalue weighted by Gasteiger charge is -2.21. The third-order valence-corrected chi connectivity index (χ3v) is 3.46. The normalized spacial score (nSPS) is 13.7. The second-order valence-corrected chi connectivity index (χ2v) is 5.88. The first kappa shape index (κ1) is 17.6. The second kappa shape index (κ2) is 8.72. The minimum absolute atomic E-state index is 0.178. The van der Waals surface area contributed by atoms with E-state index >= 15 is 0 Å². The Labute approximate surface area is 128 Å². The molecule has 0 fully saturated rings. The fourth-order valence-corrected chi connectivity index (χ4v) is 2.53. The Morgan fingerprint density at radius 2 is 2.14 bits per heavy atom. The summed E-state index contributed by atoms with van der Waals surface area (Å²) >= 11 is 0. The van der Waals surface area contributed by atoms with Crippen LogP contribution >= 0.6 is 0 Å². The monoisotopic (exact) mass is 294 g/mol. The lowest BCUT2D eigenvalue weighted by molar-refractivity contribution is 0.267. The van der Waals surface area contributed by atoms with E-state index in [1.807, 2.05) is 12.3 Å². The first-order valence-electron chi connectivity index (χ1n) is 7.82. The third kappa shape index (κ3) is 5.08. The van der Waals surface area contributed by atoms with Crippen LogP contribution in [0.2, 0.25) is 0 Å². The van der Waals surface area contributed by atoms with E-state index in [1.54, 1.807) is 7.05 Å². The molecule has 1 atom stereocenters. The molecule has 5 nitrogen and oxygen atoms in total. The van der Waals surface area contributed by atoms with Crippen LogP contribution in [-0.4, -0.2) is 35.2 Å². The highest BCUT2D eigenvalue weighted by molar-refractivity contribution is 6.02. The van der Waals surface area contributed by atoms with E-state index in [9.17, 15) is 5.11 Å². The second-order valence-electron chi connectivity index (χ2n) is 5.88. The van der Waals surface area contributed by atoms with Crippen molar-refractivity contribution in [2.75, 3.05) is 19.4 Å². The Balaban J connectivity index is 2.96. The number of anilines is 1. The first-order valence-corrected chi connectivity index (χ1v) is 7.82. The molecule has 0 saturated heterocycles. The van der Waals surface area contributed by atoms with Gasteiger partial charge in [0.25, 0.3) is 0 Å². The molecule has 120 valence electrons. The van der Waals surface area contributed by atoms with Crippen LogP contribution in [0.5, 0.6) is 0 Å². The van der Waals surface area contributed by atoms with E-state index in [4.69, 9.17) is 5.73 Å². The molecule has 1 rings (SSSR count). The van der Waals surface area contributed by atoms with Gasteiger partial charge in [-0.2, -0.15) is 0 Å². The van der Waals surface area contributed by atoms with Gasteiger partial charge in [-0.3, -0.25) is 4.99 Å². The van der Waals surface area contributed by atoms with E-state index in [1.165, 1.54) is 0 Å². The maximum atomic E-state index is 9.20.